The molecule has 1 N–H and O–H groups in total. The Balaban J connectivity index is 1.61. The summed E-state index contributed by atoms with van der Waals surface area (Å²) < 4.78 is 7.07. The zero-order valence-electron chi connectivity index (χ0n) is 11.6. The van der Waals surface area contributed by atoms with Gasteiger partial charge in [-0.3, -0.25) is 0 Å². The van der Waals surface area contributed by atoms with Crippen molar-refractivity contribution in [2.45, 2.75) is 37.4 Å². The van der Waals surface area contributed by atoms with Gasteiger partial charge in [0.1, 0.15) is 11.9 Å². The van der Waals surface area contributed by atoms with Crippen LogP contribution in [-0.4, -0.2) is 5.11 Å². The van der Waals surface area contributed by atoms with Crippen molar-refractivity contribution in [3.05, 3.63) is 63.6 Å². The van der Waals surface area contributed by atoms with Crippen molar-refractivity contribution in [1.29, 1.82) is 0 Å². The van der Waals surface area contributed by atoms with Gasteiger partial charge in [0.05, 0.1) is 6.10 Å². The summed E-state index contributed by atoms with van der Waals surface area (Å²) in [6.45, 7) is 0. The first kappa shape index (κ1) is 13.4. The quantitative estimate of drug-likeness (QED) is 0.840. The Morgan fingerprint density at radius 3 is 2.43 bits per heavy atom. The van der Waals surface area contributed by atoms with E-state index in [4.69, 9.17) is 4.74 Å². The molecule has 0 bridgehead atoms. The van der Waals surface area contributed by atoms with E-state index in [1.54, 1.807) is 0 Å². The Morgan fingerprint density at radius 1 is 1.00 bits per heavy atom. The minimum absolute atomic E-state index is 0.0740. The lowest BCUT2D eigenvalue weighted by Gasteiger charge is -2.30. The maximum Gasteiger partial charge on any atom is 0.127 e. The second-order valence-electron chi connectivity index (χ2n) is 5.98. The van der Waals surface area contributed by atoms with Gasteiger partial charge in [0, 0.05) is 16.5 Å². The van der Waals surface area contributed by atoms with Crippen molar-refractivity contribution in [3.63, 3.8) is 0 Å². The standard InChI is InChI=1S/C18H17BrO2/c19-14-7-8-15-16(20)10-17(21-18(15)9-14)13-5-3-12(4-6-13)11-1-2-11/h3-9,11,16-17,20H,1-2,10H2/t16-,17?/m1/s1. The summed E-state index contributed by atoms with van der Waals surface area (Å²) >= 11 is 3.46. The van der Waals surface area contributed by atoms with Crippen molar-refractivity contribution < 1.29 is 9.84 Å². The van der Waals surface area contributed by atoms with E-state index in [2.05, 4.69) is 40.2 Å². The fourth-order valence-corrected chi connectivity index (χ4v) is 3.36. The Morgan fingerprint density at radius 2 is 1.71 bits per heavy atom. The van der Waals surface area contributed by atoms with Crippen LogP contribution in [0, 0.1) is 0 Å². The average molecular weight is 345 g/mol. The van der Waals surface area contributed by atoms with E-state index < -0.39 is 6.10 Å². The Hall–Kier alpha value is -1.32. The van der Waals surface area contributed by atoms with Crippen molar-refractivity contribution in [2.24, 2.45) is 0 Å². The molecule has 2 atom stereocenters. The molecule has 2 aliphatic rings. The number of hydrogen-bond acceptors (Lipinski definition) is 2. The van der Waals surface area contributed by atoms with Crippen LogP contribution in [0.25, 0.3) is 0 Å². The molecule has 3 heteroatoms. The Labute approximate surface area is 132 Å². The molecule has 1 heterocycles. The van der Waals surface area contributed by atoms with Gasteiger partial charge in [0.2, 0.25) is 0 Å². The number of halogens is 1. The van der Waals surface area contributed by atoms with Crippen LogP contribution < -0.4 is 4.74 Å². The summed E-state index contributed by atoms with van der Waals surface area (Å²) in [5, 5.41) is 10.3. The predicted octanol–water partition coefficient (Wildman–Crippen LogP) is 4.88. The van der Waals surface area contributed by atoms with Gasteiger partial charge in [0.25, 0.3) is 0 Å². The van der Waals surface area contributed by atoms with Crippen molar-refractivity contribution >= 4 is 15.9 Å². The van der Waals surface area contributed by atoms with E-state index in [-0.39, 0.29) is 6.10 Å². The summed E-state index contributed by atoms with van der Waals surface area (Å²) in [4.78, 5) is 0. The van der Waals surface area contributed by atoms with Crippen LogP contribution >= 0.6 is 15.9 Å². The molecule has 1 aliphatic carbocycles. The fraction of sp³-hybridized carbons (Fsp3) is 0.333. The Kier molecular flexibility index (Phi) is 3.27. The first-order valence-electron chi connectivity index (χ1n) is 7.45. The second-order valence-corrected chi connectivity index (χ2v) is 6.90. The van der Waals surface area contributed by atoms with E-state index in [0.717, 1.165) is 27.3 Å². The van der Waals surface area contributed by atoms with Crippen LogP contribution in [0.3, 0.4) is 0 Å². The summed E-state index contributed by atoms with van der Waals surface area (Å²) in [6, 6.07) is 14.5. The molecule has 2 aromatic rings. The summed E-state index contributed by atoms with van der Waals surface area (Å²) in [5.41, 5.74) is 3.45. The van der Waals surface area contributed by atoms with E-state index in [9.17, 15) is 5.11 Å². The molecule has 0 radical (unpaired) electrons. The highest BCUT2D eigenvalue weighted by molar-refractivity contribution is 9.10. The van der Waals surface area contributed by atoms with Crippen LogP contribution in [-0.2, 0) is 0 Å². The van der Waals surface area contributed by atoms with Crippen molar-refractivity contribution in [2.75, 3.05) is 0 Å². The molecule has 21 heavy (non-hydrogen) atoms. The highest BCUT2D eigenvalue weighted by Crippen LogP contribution is 2.43. The normalized spacial score (nSPS) is 24.3. The number of hydrogen-bond donors (Lipinski definition) is 1. The number of fused-ring (bicyclic) bond motifs is 1. The molecule has 1 unspecified atom stereocenters. The van der Waals surface area contributed by atoms with Gasteiger partial charge in [-0.2, -0.15) is 0 Å². The molecule has 0 amide bonds. The van der Waals surface area contributed by atoms with Gasteiger partial charge < -0.3 is 9.84 Å². The van der Waals surface area contributed by atoms with Crippen LogP contribution in [0.1, 0.15) is 54.1 Å². The van der Waals surface area contributed by atoms with Gasteiger partial charge in [-0.15, -0.1) is 0 Å². The lowest BCUT2D eigenvalue weighted by atomic mass is 9.94. The molecule has 2 nitrogen and oxygen atoms in total. The van der Waals surface area contributed by atoms with Crippen molar-refractivity contribution in [1.82, 2.24) is 0 Å². The number of aliphatic hydroxyl groups is 1. The summed E-state index contributed by atoms with van der Waals surface area (Å²) in [6.07, 6.45) is 2.71. The van der Waals surface area contributed by atoms with Crippen LogP contribution in [0.15, 0.2) is 46.9 Å². The second kappa shape index (κ2) is 5.15. The maximum absolute atomic E-state index is 10.3. The monoisotopic (exact) mass is 344 g/mol. The van der Waals surface area contributed by atoms with Crippen LogP contribution in [0.4, 0.5) is 0 Å². The molecule has 1 saturated carbocycles. The summed E-state index contributed by atoms with van der Waals surface area (Å²) in [5.74, 6) is 1.55. The molecule has 4 rings (SSSR count). The SMILES string of the molecule is O[C@@H]1CC(c2ccc(C3CC3)cc2)Oc2cc(Br)ccc21. The van der Waals surface area contributed by atoms with E-state index in [1.807, 2.05) is 18.2 Å². The highest BCUT2D eigenvalue weighted by atomic mass is 79.9. The molecular weight excluding hydrogens is 328 g/mol. The molecule has 108 valence electrons. The number of ether oxygens (including phenoxy) is 1. The highest BCUT2D eigenvalue weighted by Gasteiger charge is 2.29. The third-order valence-electron chi connectivity index (χ3n) is 4.40. The molecule has 0 aromatic heterocycles. The van der Waals surface area contributed by atoms with E-state index >= 15 is 0 Å². The zero-order chi connectivity index (χ0) is 14.4. The first-order valence-corrected chi connectivity index (χ1v) is 8.24. The largest absolute Gasteiger partial charge is 0.485 e. The smallest absolute Gasteiger partial charge is 0.127 e. The number of rotatable bonds is 2. The van der Waals surface area contributed by atoms with E-state index in [0.29, 0.717) is 6.42 Å². The van der Waals surface area contributed by atoms with E-state index in [1.165, 1.54) is 18.4 Å². The van der Waals surface area contributed by atoms with Gasteiger partial charge in [0.15, 0.2) is 0 Å². The fourth-order valence-electron chi connectivity index (χ4n) is 3.02. The minimum Gasteiger partial charge on any atom is -0.485 e. The number of aliphatic hydroxyl groups excluding tert-OH is 1. The predicted molar refractivity (Wildman–Crippen MR) is 85.5 cm³/mol. The molecule has 2 aromatic carbocycles. The molecule has 1 fully saturated rings. The van der Waals surface area contributed by atoms with Crippen LogP contribution in [0.5, 0.6) is 5.75 Å². The van der Waals surface area contributed by atoms with Crippen molar-refractivity contribution in [3.8, 4) is 5.75 Å². The van der Waals surface area contributed by atoms with Gasteiger partial charge in [-0.1, -0.05) is 46.3 Å². The molecule has 1 aliphatic heterocycles. The third kappa shape index (κ3) is 2.60. The van der Waals surface area contributed by atoms with Gasteiger partial charge in [-0.25, -0.2) is 0 Å². The minimum atomic E-state index is -0.463. The lowest BCUT2D eigenvalue weighted by Crippen LogP contribution is -2.19. The lowest BCUT2D eigenvalue weighted by molar-refractivity contribution is 0.0657. The zero-order valence-corrected chi connectivity index (χ0v) is 13.2. The van der Waals surface area contributed by atoms with Gasteiger partial charge in [-0.05, 0) is 42.0 Å². The topological polar surface area (TPSA) is 29.5 Å². The molecule has 0 saturated heterocycles. The average Bonchev–Trinajstić information content (AvgIpc) is 3.31. The first-order chi connectivity index (χ1) is 10.2. The number of benzene rings is 2. The van der Waals surface area contributed by atoms with Gasteiger partial charge >= 0.3 is 0 Å². The third-order valence-corrected chi connectivity index (χ3v) is 4.89. The molecular formula is C18H17BrO2. The molecule has 0 spiro atoms. The van der Waals surface area contributed by atoms with Crippen LogP contribution in [0.2, 0.25) is 0 Å². The Bertz CT molecular complexity index is 661. The summed E-state index contributed by atoms with van der Waals surface area (Å²) in [7, 11) is 0. The maximum atomic E-state index is 10.3.